The van der Waals surface area contributed by atoms with Crippen molar-refractivity contribution in [2.45, 2.75) is 104 Å². The number of hydrogen-bond donors (Lipinski definition) is 0. The first kappa shape index (κ1) is 25.5. The number of rotatable bonds is 10. The lowest BCUT2D eigenvalue weighted by Crippen LogP contribution is -2.24. The minimum absolute atomic E-state index is 0.0124. The zero-order valence-corrected chi connectivity index (χ0v) is 21.4. The number of allylic oxidation sites excluding steroid dienone is 1. The highest BCUT2D eigenvalue weighted by Gasteiger charge is 2.29. The van der Waals surface area contributed by atoms with E-state index in [1.165, 1.54) is 69.8 Å². The minimum atomic E-state index is -0.925. The maximum atomic E-state index is 14.8. The average Bonchev–Trinajstić information content (AvgIpc) is 3.38. The Kier molecular flexibility index (Phi) is 9.31. The number of halogens is 2. The van der Waals surface area contributed by atoms with Crippen LogP contribution in [0.15, 0.2) is 17.7 Å². The summed E-state index contributed by atoms with van der Waals surface area (Å²) in [4.78, 5) is 0. The Balaban J connectivity index is 1.26. The molecule has 1 aromatic rings. The van der Waals surface area contributed by atoms with E-state index in [9.17, 15) is 8.78 Å². The zero-order valence-electron chi connectivity index (χ0n) is 21.4. The molecule has 0 bridgehead atoms. The van der Waals surface area contributed by atoms with E-state index in [4.69, 9.17) is 9.47 Å². The van der Waals surface area contributed by atoms with Crippen molar-refractivity contribution in [1.82, 2.24) is 0 Å². The molecule has 3 aliphatic rings. The van der Waals surface area contributed by atoms with Crippen molar-refractivity contribution in [2.24, 2.45) is 23.7 Å². The Morgan fingerprint density at radius 3 is 2.32 bits per heavy atom. The first-order valence-corrected chi connectivity index (χ1v) is 14.0. The van der Waals surface area contributed by atoms with Gasteiger partial charge in [-0.25, -0.2) is 0 Å². The molecule has 1 atom stereocenters. The summed E-state index contributed by atoms with van der Waals surface area (Å²) in [6, 6.07) is 1.59. The Labute approximate surface area is 205 Å². The third-order valence-corrected chi connectivity index (χ3v) is 8.73. The largest absolute Gasteiger partial charge is 0.490 e. The molecule has 0 radical (unpaired) electrons. The lowest BCUT2D eigenvalue weighted by molar-refractivity contribution is 0.183. The molecule has 2 fully saturated rings. The molecular formula is C30H44F2O2. The first-order valence-electron chi connectivity index (χ1n) is 14.0. The Bertz CT molecular complexity index is 820. The van der Waals surface area contributed by atoms with Gasteiger partial charge in [-0.15, -0.1) is 0 Å². The molecule has 4 rings (SSSR count). The van der Waals surface area contributed by atoms with E-state index in [2.05, 4.69) is 13.0 Å². The van der Waals surface area contributed by atoms with Gasteiger partial charge >= 0.3 is 0 Å². The van der Waals surface area contributed by atoms with Gasteiger partial charge in [0.15, 0.2) is 11.5 Å². The highest BCUT2D eigenvalue weighted by atomic mass is 19.2. The van der Waals surface area contributed by atoms with Gasteiger partial charge in [0.25, 0.3) is 0 Å². The second kappa shape index (κ2) is 12.4. The summed E-state index contributed by atoms with van der Waals surface area (Å²) in [5, 5.41) is 0. The highest BCUT2D eigenvalue weighted by molar-refractivity contribution is 5.42. The topological polar surface area (TPSA) is 18.5 Å². The van der Waals surface area contributed by atoms with E-state index in [1.54, 1.807) is 13.0 Å². The van der Waals surface area contributed by atoms with E-state index in [0.717, 1.165) is 43.4 Å². The molecule has 0 spiro atoms. The molecule has 1 aromatic carbocycles. The molecule has 34 heavy (non-hydrogen) atoms. The molecule has 4 heteroatoms. The van der Waals surface area contributed by atoms with Crippen molar-refractivity contribution in [3.63, 3.8) is 0 Å². The van der Waals surface area contributed by atoms with Crippen LogP contribution in [-0.4, -0.2) is 13.2 Å². The summed E-state index contributed by atoms with van der Waals surface area (Å²) in [5.74, 6) is 1.25. The lowest BCUT2D eigenvalue weighted by Gasteiger charge is -2.35. The first-order chi connectivity index (χ1) is 16.5. The SMILES string of the molecule is CCCCC1CCC(C2CC=C(COc3c(C)cc(OCC4CCCC4)c(F)c3F)CC2)CC1. The van der Waals surface area contributed by atoms with Gasteiger partial charge < -0.3 is 9.47 Å². The van der Waals surface area contributed by atoms with Gasteiger partial charge in [-0.2, -0.15) is 8.78 Å². The average molecular weight is 475 g/mol. The van der Waals surface area contributed by atoms with Crippen LogP contribution >= 0.6 is 0 Å². The smallest absolute Gasteiger partial charge is 0.204 e. The van der Waals surface area contributed by atoms with Gasteiger partial charge in [0, 0.05) is 0 Å². The summed E-state index contributed by atoms with van der Waals surface area (Å²) >= 11 is 0. The molecule has 0 aromatic heterocycles. The van der Waals surface area contributed by atoms with Crippen molar-refractivity contribution in [2.75, 3.05) is 13.2 Å². The molecule has 190 valence electrons. The molecule has 0 aliphatic heterocycles. The third kappa shape index (κ3) is 6.55. The number of hydrogen-bond acceptors (Lipinski definition) is 2. The van der Waals surface area contributed by atoms with Gasteiger partial charge in [0.1, 0.15) is 6.61 Å². The molecule has 3 aliphatic carbocycles. The molecule has 2 nitrogen and oxygen atoms in total. The third-order valence-electron chi connectivity index (χ3n) is 8.73. The Morgan fingerprint density at radius 1 is 0.882 bits per heavy atom. The van der Waals surface area contributed by atoms with Crippen molar-refractivity contribution >= 4 is 0 Å². The van der Waals surface area contributed by atoms with Gasteiger partial charge in [0.2, 0.25) is 11.6 Å². The molecule has 1 unspecified atom stereocenters. The molecule has 0 saturated heterocycles. The van der Waals surface area contributed by atoms with Crippen molar-refractivity contribution in [3.8, 4) is 11.5 Å². The summed E-state index contributed by atoms with van der Waals surface area (Å²) in [6.07, 6.45) is 19.9. The normalized spacial score (nSPS) is 25.9. The van der Waals surface area contributed by atoms with Crippen molar-refractivity contribution in [3.05, 3.63) is 34.9 Å². The fourth-order valence-corrected chi connectivity index (χ4v) is 6.45. The van der Waals surface area contributed by atoms with Crippen molar-refractivity contribution in [1.29, 1.82) is 0 Å². The van der Waals surface area contributed by atoms with Crippen LogP contribution in [-0.2, 0) is 0 Å². The number of ether oxygens (including phenoxy) is 2. The highest BCUT2D eigenvalue weighted by Crippen LogP contribution is 2.41. The van der Waals surface area contributed by atoms with E-state index in [-0.39, 0.29) is 11.5 Å². The molecule has 0 amide bonds. The second-order valence-corrected chi connectivity index (χ2v) is 11.2. The van der Waals surface area contributed by atoms with E-state index < -0.39 is 11.6 Å². The minimum Gasteiger partial charge on any atom is -0.490 e. The molecular weight excluding hydrogens is 430 g/mol. The van der Waals surface area contributed by atoms with Crippen LogP contribution in [0, 0.1) is 42.2 Å². The summed E-state index contributed by atoms with van der Waals surface area (Å²) in [6.45, 7) is 4.86. The fraction of sp³-hybridized carbons (Fsp3) is 0.733. The van der Waals surface area contributed by atoms with Crippen LogP contribution in [0.25, 0.3) is 0 Å². The van der Waals surface area contributed by atoms with Gasteiger partial charge in [0.05, 0.1) is 6.61 Å². The Hall–Kier alpha value is -1.58. The van der Waals surface area contributed by atoms with Crippen LogP contribution in [0.4, 0.5) is 8.78 Å². The summed E-state index contributed by atoms with van der Waals surface area (Å²) < 4.78 is 40.9. The van der Waals surface area contributed by atoms with E-state index >= 15 is 0 Å². The summed E-state index contributed by atoms with van der Waals surface area (Å²) in [5.41, 5.74) is 1.81. The van der Waals surface area contributed by atoms with Crippen LogP contribution in [0.2, 0.25) is 0 Å². The zero-order chi connectivity index (χ0) is 23.9. The van der Waals surface area contributed by atoms with E-state index in [1.807, 2.05) is 0 Å². The molecule has 2 saturated carbocycles. The van der Waals surface area contributed by atoms with Gasteiger partial charge in [-0.05, 0) is 92.7 Å². The maximum absolute atomic E-state index is 14.8. The van der Waals surface area contributed by atoms with Crippen LogP contribution in [0.1, 0.15) is 102 Å². The number of aryl methyl sites for hydroxylation is 1. The quantitative estimate of drug-likeness (QED) is 0.315. The predicted molar refractivity (Wildman–Crippen MR) is 134 cm³/mol. The van der Waals surface area contributed by atoms with Gasteiger partial charge in [-0.1, -0.05) is 57.9 Å². The van der Waals surface area contributed by atoms with Crippen LogP contribution in [0.5, 0.6) is 11.5 Å². The predicted octanol–water partition coefficient (Wildman–Crippen LogP) is 8.94. The monoisotopic (exact) mass is 474 g/mol. The van der Waals surface area contributed by atoms with E-state index in [0.29, 0.717) is 24.7 Å². The van der Waals surface area contributed by atoms with Crippen LogP contribution < -0.4 is 9.47 Å². The maximum Gasteiger partial charge on any atom is 0.204 e. The fourth-order valence-electron chi connectivity index (χ4n) is 6.45. The number of benzene rings is 1. The summed E-state index contributed by atoms with van der Waals surface area (Å²) in [7, 11) is 0. The van der Waals surface area contributed by atoms with Crippen LogP contribution in [0.3, 0.4) is 0 Å². The molecule has 0 N–H and O–H groups in total. The second-order valence-electron chi connectivity index (χ2n) is 11.2. The Morgan fingerprint density at radius 2 is 1.65 bits per heavy atom. The standard InChI is InChI=1S/C30H44F2O2/c1-3-4-7-22-10-14-25(15-11-22)26-16-12-24(13-17-26)20-34-30-21(2)18-27(28(31)29(30)32)33-19-23-8-5-6-9-23/h12,18,22-23,25-26H,3-11,13-17,19-20H2,1-2H3. The number of unbranched alkanes of at least 4 members (excludes halogenated alkanes) is 1. The lowest BCUT2D eigenvalue weighted by atomic mass is 9.71. The van der Waals surface area contributed by atoms with Crippen molar-refractivity contribution < 1.29 is 18.3 Å². The molecule has 0 heterocycles. The van der Waals surface area contributed by atoms with Gasteiger partial charge in [-0.3, -0.25) is 0 Å².